The summed E-state index contributed by atoms with van der Waals surface area (Å²) in [6, 6.07) is 36.1. The highest BCUT2D eigenvalue weighted by molar-refractivity contribution is 7.70. The van der Waals surface area contributed by atoms with Crippen molar-refractivity contribution in [2.45, 2.75) is 221 Å². The molecule has 0 saturated heterocycles. The zero-order valence-corrected chi connectivity index (χ0v) is 51.9. The van der Waals surface area contributed by atoms with Crippen LogP contribution in [0.5, 0.6) is 23.0 Å². The molecule has 4 nitrogen and oxygen atoms in total. The first-order chi connectivity index (χ1) is 33.7. The van der Waals surface area contributed by atoms with Crippen LogP contribution in [0.1, 0.15) is 228 Å². The zero-order chi connectivity index (χ0) is 55.2. The SMILES string of the molecule is CC(C)(C)c1ccc(OP(Oc2ccc(C(C)(C)C)cc2C(C)(C)C)C2(P(Oc3ccc(C(C)(C)C)cc3C(C)(C)C)Oc3ccc(C(C)(C)C)cc3C(C)(C)C)C=CCC3=C2c2ccccc23)c(C(C)(C)C)c1. The molecule has 0 unspecified atom stereocenters. The van der Waals surface area contributed by atoms with E-state index in [9.17, 15) is 0 Å². The maximum absolute atomic E-state index is 8.01. The third kappa shape index (κ3) is 11.8. The van der Waals surface area contributed by atoms with Crippen molar-refractivity contribution in [3.05, 3.63) is 165 Å². The molecule has 0 radical (unpaired) electrons. The molecule has 0 aliphatic heterocycles. The van der Waals surface area contributed by atoms with Crippen molar-refractivity contribution in [2.24, 2.45) is 0 Å². The highest BCUT2D eigenvalue weighted by Gasteiger charge is 2.62. The zero-order valence-electron chi connectivity index (χ0n) is 50.1. The van der Waals surface area contributed by atoms with Crippen LogP contribution in [0.3, 0.4) is 0 Å². The van der Waals surface area contributed by atoms with Crippen molar-refractivity contribution >= 4 is 27.9 Å². The topological polar surface area (TPSA) is 36.9 Å². The highest BCUT2D eigenvalue weighted by atomic mass is 31.2. The van der Waals surface area contributed by atoms with Crippen LogP contribution in [0.4, 0.5) is 0 Å². The van der Waals surface area contributed by atoms with Gasteiger partial charge in [-0.1, -0.05) is 251 Å². The van der Waals surface area contributed by atoms with Crippen LogP contribution in [-0.4, -0.2) is 4.90 Å². The van der Waals surface area contributed by atoms with Gasteiger partial charge in [-0.05, 0) is 119 Å². The number of fused-ring (bicyclic) bond motifs is 3. The molecule has 0 atom stereocenters. The number of rotatable bonds is 10. The van der Waals surface area contributed by atoms with E-state index in [0.717, 1.165) is 51.7 Å². The minimum Gasteiger partial charge on any atom is -0.437 e. The molecule has 0 bridgehead atoms. The van der Waals surface area contributed by atoms with Gasteiger partial charge in [-0.25, -0.2) is 0 Å². The minimum atomic E-state index is -2.08. The maximum atomic E-state index is 8.01. The fourth-order valence-corrected chi connectivity index (χ4v) is 14.3. The average Bonchev–Trinajstić information content (AvgIpc) is 3.25. The van der Waals surface area contributed by atoms with Crippen LogP contribution in [0.25, 0.3) is 11.1 Å². The molecule has 0 fully saturated rings. The van der Waals surface area contributed by atoms with Gasteiger partial charge >= 0.3 is 16.8 Å². The van der Waals surface area contributed by atoms with Gasteiger partial charge in [-0.15, -0.1) is 0 Å². The number of hydrogen-bond donors (Lipinski definition) is 0. The monoisotopic (exact) mass is 1030 g/mol. The van der Waals surface area contributed by atoms with E-state index < -0.39 is 21.6 Å². The van der Waals surface area contributed by atoms with Gasteiger partial charge in [0.25, 0.3) is 0 Å². The summed E-state index contributed by atoms with van der Waals surface area (Å²) >= 11 is 0. The molecule has 2 aliphatic rings. The van der Waals surface area contributed by atoms with Gasteiger partial charge in [0.2, 0.25) is 0 Å². The molecule has 398 valence electrons. The van der Waals surface area contributed by atoms with E-state index in [1.807, 2.05) is 0 Å². The predicted molar refractivity (Wildman–Crippen MR) is 321 cm³/mol. The quantitative estimate of drug-likeness (QED) is 0.103. The summed E-state index contributed by atoms with van der Waals surface area (Å²) in [4.78, 5) is -1.09. The van der Waals surface area contributed by atoms with Crippen LogP contribution in [0, 0.1) is 0 Å². The van der Waals surface area contributed by atoms with Crippen LogP contribution in [0.15, 0.2) is 109 Å². The Hall–Kier alpha value is -4.36. The molecule has 0 spiro atoms. The van der Waals surface area contributed by atoms with Gasteiger partial charge in [0.1, 0.15) is 23.0 Å². The van der Waals surface area contributed by atoms with Gasteiger partial charge in [-0.2, -0.15) is 0 Å². The van der Waals surface area contributed by atoms with Crippen molar-refractivity contribution in [3.63, 3.8) is 0 Å². The molecule has 5 aromatic carbocycles. The Morgan fingerprint density at radius 3 is 0.865 bits per heavy atom. The second-order valence-corrected chi connectivity index (χ2v) is 33.0. The van der Waals surface area contributed by atoms with Gasteiger partial charge in [-0.3, -0.25) is 0 Å². The molecular weight excluding hydrogens is 943 g/mol. The summed E-state index contributed by atoms with van der Waals surface area (Å²) in [6.45, 7) is 54.9. The largest absolute Gasteiger partial charge is 0.437 e. The molecule has 0 amide bonds. The van der Waals surface area contributed by atoms with Crippen LogP contribution < -0.4 is 18.1 Å². The normalized spacial score (nSPS) is 15.5. The second kappa shape index (κ2) is 19.6. The summed E-state index contributed by atoms with van der Waals surface area (Å²) in [5, 5.41) is 0. The lowest BCUT2D eigenvalue weighted by atomic mass is 9.75. The Bertz CT molecular complexity index is 2630. The van der Waals surface area contributed by atoms with Crippen molar-refractivity contribution in [1.29, 1.82) is 0 Å². The predicted octanol–water partition coefficient (Wildman–Crippen LogP) is 20.9. The lowest BCUT2D eigenvalue weighted by Crippen LogP contribution is -2.37. The molecule has 7 rings (SSSR count). The Balaban J connectivity index is 1.64. The van der Waals surface area contributed by atoms with Gasteiger partial charge in [0, 0.05) is 22.3 Å². The molecule has 74 heavy (non-hydrogen) atoms. The van der Waals surface area contributed by atoms with Crippen LogP contribution in [-0.2, 0) is 43.3 Å². The number of benzene rings is 5. The van der Waals surface area contributed by atoms with E-state index >= 15 is 0 Å². The van der Waals surface area contributed by atoms with Gasteiger partial charge in [0.15, 0.2) is 4.90 Å². The van der Waals surface area contributed by atoms with E-state index in [-0.39, 0.29) is 43.3 Å². The van der Waals surface area contributed by atoms with Crippen molar-refractivity contribution in [2.75, 3.05) is 0 Å². The van der Waals surface area contributed by atoms with Crippen LogP contribution in [0.2, 0.25) is 0 Å². The average molecular weight is 1040 g/mol. The molecule has 0 aromatic heterocycles. The fourth-order valence-electron chi connectivity index (χ4n) is 9.95. The molecule has 0 N–H and O–H groups in total. The van der Waals surface area contributed by atoms with E-state index in [1.54, 1.807) is 0 Å². The summed E-state index contributed by atoms with van der Waals surface area (Å²) in [5.41, 5.74) is 13.1. The highest BCUT2D eigenvalue weighted by Crippen LogP contribution is 2.77. The third-order valence-corrected chi connectivity index (χ3v) is 19.0. The number of hydrogen-bond acceptors (Lipinski definition) is 4. The van der Waals surface area contributed by atoms with E-state index in [4.69, 9.17) is 18.1 Å². The molecule has 2 aliphatic carbocycles. The van der Waals surface area contributed by atoms with Crippen molar-refractivity contribution in [3.8, 4) is 23.0 Å². The smallest absolute Gasteiger partial charge is 0.318 e. The Morgan fingerprint density at radius 1 is 0.338 bits per heavy atom. The molecular formula is C68H92O4P2. The van der Waals surface area contributed by atoms with Crippen LogP contribution >= 0.6 is 16.8 Å². The summed E-state index contributed by atoms with van der Waals surface area (Å²) in [5.74, 6) is 3.22. The van der Waals surface area contributed by atoms with Crippen molar-refractivity contribution < 1.29 is 18.1 Å². The lowest BCUT2D eigenvalue weighted by molar-refractivity contribution is 0.432. The van der Waals surface area contributed by atoms with Gasteiger partial charge in [0.05, 0.1) is 0 Å². The Labute approximate surface area is 452 Å². The summed E-state index contributed by atoms with van der Waals surface area (Å²) < 4.78 is 32.0. The Kier molecular flexibility index (Phi) is 15.2. The van der Waals surface area contributed by atoms with E-state index in [2.05, 4.69) is 275 Å². The molecule has 5 aromatic rings. The first-order valence-electron chi connectivity index (χ1n) is 27.2. The molecule has 0 heterocycles. The molecule has 6 heteroatoms. The van der Waals surface area contributed by atoms with E-state index in [0.29, 0.717) is 0 Å². The first-order valence-corrected chi connectivity index (χ1v) is 29.5. The standard InChI is InChI=1S/C68H92O4P2/c1-60(2,3)44-31-35-55(51(40-44)64(13,14)15)69-73(70-56-36-32-45(61(4,5)6)41-52(56)65(16,17)18)68(39-27-30-50-48-28-25-26-29-49(48)59(50)68)74(71-57-37-33-46(62(7,8)9)42-53(57)66(19,20)21)72-58-38-34-47(63(10,11)12)43-54(58)67(22,23)24/h25-29,31-43H,30H2,1-24H3. The first kappa shape index (κ1) is 57.3. The molecule has 0 saturated carbocycles. The maximum Gasteiger partial charge on any atom is 0.318 e. The fraction of sp³-hybridized carbons (Fsp3) is 0.500. The minimum absolute atomic E-state index is 0.0739. The summed E-state index contributed by atoms with van der Waals surface area (Å²) in [6.07, 6.45) is 5.49. The Morgan fingerprint density at radius 2 is 0.608 bits per heavy atom. The van der Waals surface area contributed by atoms with E-state index in [1.165, 1.54) is 44.5 Å². The second-order valence-electron chi connectivity index (χ2n) is 29.5. The van der Waals surface area contributed by atoms with Crippen molar-refractivity contribution in [1.82, 2.24) is 0 Å². The third-order valence-electron chi connectivity index (χ3n) is 14.8. The summed E-state index contributed by atoms with van der Waals surface area (Å²) in [7, 11) is -4.16. The number of allylic oxidation sites excluding steroid dienone is 4. The van der Waals surface area contributed by atoms with Gasteiger partial charge < -0.3 is 18.1 Å². The lowest BCUT2D eigenvalue weighted by Gasteiger charge is -2.48.